The molecule has 2 fully saturated rings. The van der Waals surface area contributed by atoms with Gasteiger partial charge in [-0.15, -0.1) is 0 Å². The van der Waals surface area contributed by atoms with Gasteiger partial charge in [0.05, 0.1) is 13.0 Å². The van der Waals surface area contributed by atoms with Gasteiger partial charge in [-0.2, -0.15) is 0 Å². The fraction of sp³-hybridized carbons (Fsp3) is 0.600. The van der Waals surface area contributed by atoms with Crippen molar-refractivity contribution in [2.24, 2.45) is 11.3 Å². The predicted octanol–water partition coefficient (Wildman–Crippen LogP) is 2.50. The zero-order valence-electron chi connectivity index (χ0n) is 20.3. The molecular formula is C25H34N2O7. The number of benzene rings is 1. The number of carbonyl (C=O) groups is 4. The Morgan fingerprint density at radius 2 is 1.76 bits per heavy atom. The van der Waals surface area contributed by atoms with E-state index in [0.29, 0.717) is 6.54 Å². The average Bonchev–Trinajstić information content (AvgIpc) is 3.12. The number of amides is 3. The number of carbonyl (C=O) groups excluding carboxylic acids is 4. The first-order chi connectivity index (χ1) is 15.9. The Labute approximate surface area is 200 Å². The highest BCUT2D eigenvalue weighted by Crippen LogP contribution is 2.47. The van der Waals surface area contributed by atoms with Crippen molar-refractivity contribution in [1.82, 2.24) is 9.80 Å². The molecule has 186 valence electrons. The van der Waals surface area contributed by atoms with Gasteiger partial charge >= 0.3 is 12.1 Å². The molecule has 0 radical (unpaired) electrons. The third-order valence-electron chi connectivity index (χ3n) is 6.88. The number of likely N-dealkylation sites (tertiary alicyclic amines) is 2. The monoisotopic (exact) mass is 474 g/mol. The number of hydrogen-bond donors (Lipinski definition) is 1. The fourth-order valence-corrected chi connectivity index (χ4v) is 4.92. The Bertz CT molecular complexity index is 928. The van der Waals surface area contributed by atoms with E-state index in [4.69, 9.17) is 9.47 Å². The van der Waals surface area contributed by atoms with E-state index in [2.05, 4.69) is 0 Å². The van der Waals surface area contributed by atoms with Crippen molar-refractivity contribution in [3.63, 3.8) is 0 Å². The molecule has 3 amide bonds. The highest BCUT2D eigenvalue weighted by Gasteiger charge is 2.54. The summed E-state index contributed by atoms with van der Waals surface area (Å²) < 4.78 is 11.1. The number of aliphatic hydroxyl groups is 1. The topological polar surface area (TPSA) is 113 Å². The molecule has 2 saturated heterocycles. The van der Waals surface area contributed by atoms with Crippen LogP contribution in [0.2, 0.25) is 0 Å². The maximum atomic E-state index is 12.9. The SMILES string of the molecule is CC1(C)CN(C(=O)OCc2ccccc2)C(C)(C)C1COC(=O)CCCN1C(=O)CC(O)C1=O. The van der Waals surface area contributed by atoms with Gasteiger partial charge in [-0.05, 0) is 31.2 Å². The van der Waals surface area contributed by atoms with Crippen LogP contribution in [-0.2, 0) is 30.5 Å². The van der Waals surface area contributed by atoms with Crippen molar-refractivity contribution in [3.8, 4) is 0 Å². The lowest BCUT2D eigenvalue weighted by atomic mass is 9.74. The van der Waals surface area contributed by atoms with Crippen molar-refractivity contribution < 1.29 is 33.8 Å². The Morgan fingerprint density at radius 1 is 1.09 bits per heavy atom. The van der Waals surface area contributed by atoms with Crippen molar-refractivity contribution in [2.75, 3.05) is 19.7 Å². The second kappa shape index (κ2) is 10.1. The molecule has 1 aromatic rings. The average molecular weight is 475 g/mol. The second-order valence-electron chi connectivity index (χ2n) is 10.2. The Hall–Kier alpha value is -2.94. The smallest absolute Gasteiger partial charge is 0.410 e. The minimum Gasteiger partial charge on any atom is -0.465 e. The van der Waals surface area contributed by atoms with Gasteiger partial charge in [0.15, 0.2) is 0 Å². The van der Waals surface area contributed by atoms with E-state index in [9.17, 15) is 24.3 Å². The van der Waals surface area contributed by atoms with Crippen LogP contribution >= 0.6 is 0 Å². The second-order valence-corrected chi connectivity index (χ2v) is 10.2. The van der Waals surface area contributed by atoms with E-state index < -0.39 is 35.5 Å². The number of esters is 1. The first-order valence-electron chi connectivity index (χ1n) is 11.6. The molecule has 0 aliphatic carbocycles. The molecule has 9 heteroatoms. The molecule has 1 aromatic carbocycles. The molecule has 2 heterocycles. The number of rotatable bonds is 8. The summed E-state index contributed by atoms with van der Waals surface area (Å²) in [6.45, 7) is 8.83. The lowest BCUT2D eigenvalue weighted by Crippen LogP contribution is -2.47. The van der Waals surface area contributed by atoms with Crippen molar-refractivity contribution in [3.05, 3.63) is 35.9 Å². The van der Waals surface area contributed by atoms with Crippen LogP contribution in [0.25, 0.3) is 0 Å². The molecule has 0 bridgehead atoms. The minimum atomic E-state index is -1.28. The van der Waals surface area contributed by atoms with Crippen LogP contribution in [0.1, 0.15) is 52.5 Å². The minimum absolute atomic E-state index is 0.0452. The van der Waals surface area contributed by atoms with Gasteiger partial charge in [0, 0.05) is 31.0 Å². The summed E-state index contributed by atoms with van der Waals surface area (Å²) in [4.78, 5) is 51.3. The molecule has 0 spiro atoms. The van der Waals surface area contributed by atoms with Gasteiger partial charge < -0.3 is 19.5 Å². The molecular weight excluding hydrogens is 440 g/mol. The van der Waals surface area contributed by atoms with Gasteiger partial charge in [-0.3, -0.25) is 19.3 Å². The highest BCUT2D eigenvalue weighted by atomic mass is 16.6. The van der Waals surface area contributed by atoms with Gasteiger partial charge in [0.1, 0.15) is 12.7 Å². The molecule has 9 nitrogen and oxygen atoms in total. The Balaban J connectivity index is 1.50. The van der Waals surface area contributed by atoms with E-state index in [0.717, 1.165) is 10.5 Å². The fourth-order valence-electron chi connectivity index (χ4n) is 4.92. The van der Waals surface area contributed by atoms with Crippen LogP contribution in [0.4, 0.5) is 4.79 Å². The number of imide groups is 1. The van der Waals surface area contributed by atoms with Gasteiger partial charge in [-0.1, -0.05) is 44.2 Å². The summed E-state index contributed by atoms with van der Waals surface area (Å²) in [5, 5.41) is 9.46. The van der Waals surface area contributed by atoms with Gasteiger partial charge in [0.25, 0.3) is 5.91 Å². The van der Waals surface area contributed by atoms with Crippen LogP contribution in [0.15, 0.2) is 30.3 Å². The predicted molar refractivity (Wildman–Crippen MR) is 122 cm³/mol. The molecule has 1 N–H and O–H groups in total. The quantitative estimate of drug-likeness (QED) is 0.455. The lowest BCUT2D eigenvalue weighted by molar-refractivity contribution is -0.148. The van der Waals surface area contributed by atoms with E-state index in [1.807, 2.05) is 58.0 Å². The maximum Gasteiger partial charge on any atom is 0.410 e. The first kappa shape index (κ1) is 25.7. The maximum absolute atomic E-state index is 12.9. The van der Waals surface area contributed by atoms with Crippen LogP contribution in [0.5, 0.6) is 0 Å². The Morgan fingerprint density at radius 3 is 2.38 bits per heavy atom. The van der Waals surface area contributed by atoms with E-state index >= 15 is 0 Å². The van der Waals surface area contributed by atoms with E-state index in [1.54, 1.807) is 4.90 Å². The van der Waals surface area contributed by atoms with Crippen molar-refractivity contribution in [1.29, 1.82) is 0 Å². The standard InChI is InChI=1S/C25H34N2O7/c1-24(2)16-27(23(32)34-14-17-9-6-5-7-10-17)25(3,4)19(24)15-33-21(30)11-8-12-26-20(29)13-18(28)22(26)31/h5-7,9-10,18-19,28H,8,11-16H2,1-4H3. The molecule has 2 atom stereocenters. The molecule has 2 aliphatic heterocycles. The van der Waals surface area contributed by atoms with Crippen molar-refractivity contribution in [2.45, 2.75) is 65.2 Å². The van der Waals surface area contributed by atoms with E-state index in [1.165, 1.54) is 0 Å². The zero-order valence-corrected chi connectivity index (χ0v) is 20.3. The van der Waals surface area contributed by atoms with Crippen LogP contribution in [0, 0.1) is 11.3 Å². The van der Waals surface area contributed by atoms with Crippen LogP contribution < -0.4 is 0 Å². The number of nitrogens with zero attached hydrogens (tertiary/aromatic N) is 2. The normalized spacial score (nSPS) is 23.3. The van der Waals surface area contributed by atoms with Crippen molar-refractivity contribution >= 4 is 23.9 Å². The third-order valence-corrected chi connectivity index (χ3v) is 6.88. The van der Waals surface area contributed by atoms with Crippen LogP contribution in [0.3, 0.4) is 0 Å². The molecule has 3 rings (SSSR count). The Kier molecular flexibility index (Phi) is 7.65. The summed E-state index contributed by atoms with van der Waals surface area (Å²) in [6, 6.07) is 9.47. The molecule has 2 aliphatic rings. The summed E-state index contributed by atoms with van der Waals surface area (Å²) in [5.41, 5.74) is 0.00624. The summed E-state index contributed by atoms with van der Waals surface area (Å²) in [6.07, 6.45) is -1.59. The summed E-state index contributed by atoms with van der Waals surface area (Å²) in [7, 11) is 0. The van der Waals surface area contributed by atoms with Crippen LogP contribution in [-0.4, -0.2) is 70.1 Å². The highest BCUT2D eigenvalue weighted by molar-refractivity contribution is 6.04. The number of hydrogen-bond acceptors (Lipinski definition) is 7. The third kappa shape index (κ3) is 5.58. The molecule has 0 aromatic heterocycles. The largest absolute Gasteiger partial charge is 0.465 e. The van der Waals surface area contributed by atoms with Gasteiger partial charge in [-0.25, -0.2) is 4.79 Å². The molecule has 34 heavy (non-hydrogen) atoms. The van der Waals surface area contributed by atoms with E-state index in [-0.39, 0.29) is 50.4 Å². The van der Waals surface area contributed by atoms with Gasteiger partial charge in [0.2, 0.25) is 5.91 Å². The number of aliphatic hydroxyl groups excluding tert-OH is 1. The summed E-state index contributed by atoms with van der Waals surface area (Å²) >= 11 is 0. The summed E-state index contributed by atoms with van der Waals surface area (Å²) in [5.74, 6) is -1.60. The lowest BCUT2D eigenvalue weighted by Gasteiger charge is -2.36. The molecule has 2 unspecified atom stereocenters. The zero-order chi connectivity index (χ0) is 25.1. The first-order valence-corrected chi connectivity index (χ1v) is 11.6. The molecule has 0 saturated carbocycles. The number of ether oxygens (including phenoxy) is 2.